The van der Waals surface area contributed by atoms with Crippen molar-refractivity contribution in [3.8, 4) is 0 Å². The van der Waals surface area contributed by atoms with Crippen molar-refractivity contribution in [1.29, 1.82) is 0 Å². The number of anilines is 1. The van der Waals surface area contributed by atoms with Crippen molar-refractivity contribution in [3.63, 3.8) is 0 Å². The summed E-state index contributed by atoms with van der Waals surface area (Å²) in [4.78, 5) is 27.8. The maximum Gasteiger partial charge on any atom is 0.416 e. The minimum Gasteiger partial charge on any atom is -0.507 e. The van der Waals surface area contributed by atoms with E-state index in [2.05, 4.69) is 0 Å². The van der Waals surface area contributed by atoms with E-state index in [1.54, 1.807) is 18.4 Å². The monoisotopic (exact) mass is 477 g/mol. The van der Waals surface area contributed by atoms with Crippen molar-refractivity contribution in [2.24, 2.45) is 0 Å². The SMILES string of the molecule is Cc1ccsc1C1/C(=C(/O)c2ccc(Cl)cc2)C(=O)C(=O)N1c1ccc(C(F)(F)F)cc1. The van der Waals surface area contributed by atoms with Crippen molar-refractivity contribution in [3.05, 3.63) is 92.1 Å². The molecule has 3 aromatic rings. The second kappa shape index (κ2) is 8.11. The zero-order valence-electron chi connectivity index (χ0n) is 16.5. The third kappa shape index (κ3) is 3.80. The Morgan fingerprint density at radius 2 is 1.66 bits per heavy atom. The highest BCUT2D eigenvalue weighted by Gasteiger charge is 2.48. The van der Waals surface area contributed by atoms with Gasteiger partial charge in [-0.25, -0.2) is 0 Å². The van der Waals surface area contributed by atoms with E-state index in [0.29, 0.717) is 15.5 Å². The quantitative estimate of drug-likeness (QED) is 0.271. The van der Waals surface area contributed by atoms with E-state index in [1.165, 1.54) is 35.6 Å². The highest BCUT2D eigenvalue weighted by atomic mass is 35.5. The van der Waals surface area contributed by atoms with Gasteiger partial charge in [0.15, 0.2) is 0 Å². The smallest absolute Gasteiger partial charge is 0.416 e. The van der Waals surface area contributed by atoms with Crippen LogP contribution in [0.5, 0.6) is 0 Å². The van der Waals surface area contributed by atoms with Gasteiger partial charge in [-0.15, -0.1) is 11.3 Å². The lowest BCUT2D eigenvalue weighted by atomic mass is 9.98. The topological polar surface area (TPSA) is 57.6 Å². The second-order valence-corrected chi connectivity index (χ2v) is 8.57. The third-order valence-corrected chi connectivity index (χ3v) is 6.51. The maximum atomic E-state index is 13.0. The number of Topliss-reactive ketones (excluding diaryl/α,β-unsaturated/α-hetero) is 1. The fourth-order valence-electron chi connectivity index (χ4n) is 3.59. The van der Waals surface area contributed by atoms with E-state index in [4.69, 9.17) is 11.6 Å². The minimum atomic E-state index is -4.54. The summed E-state index contributed by atoms with van der Waals surface area (Å²) in [7, 11) is 0. The molecular formula is C23H15ClF3NO3S. The number of halogens is 4. The number of aliphatic hydroxyl groups excluding tert-OH is 1. The standard InChI is InChI=1S/C23H15ClF3NO3S/c1-12-10-11-32-21(12)18-17(19(29)13-2-6-15(24)7-3-13)20(30)22(31)28(18)16-8-4-14(5-9-16)23(25,26)27/h2-11,18,29H,1H3/b19-17-. The van der Waals surface area contributed by atoms with Crippen molar-refractivity contribution in [1.82, 2.24) is 0 Å². The first-order valence-electron chi connectivity index (χ1n) is 9.38. The number of carbonyl (C=O) groups excluding carboxylic acids is 2. The van der Waals surface area contributed by atoms with E-state index in [9.17, 15) is 27.9 Å². The van der Waals surface area contributed by atoms with Crippen LogP contribution in [-0.4, -0.2) is 16.8 Å². The van der Waals surface area contributed by atoms with Crippen LogP contribution in [0.25, 0.3) is 5.76 Å². The number of hydrogen-bond acceptors (Lipinski definition) is 4. The van der Waals surface area contributed by atoms with Gasteiger partial charge in [-0.05, 0) is 72.5 Å². The number of amides is 1. The Hall–Kier alpha value is -3.10. The van der Waals surface area contributed by atoms with Gasteiger partial charge in [0.1, 0.15) is 11.8 Å². The average molecular weight is 478 g/mol. The molecule has 2 aromatic carbocycles. The number of aryl methyl sites for hydroxylation is 1. The van der Waals surface area contributed by atoms with E-state index in [1.807, 2.05) is 0 Å². The van der Waals surface area contributed by atoms with Gasteiger partial charge >= 0.3 is 6.18 Å². The van der Waals surface area contributed by atoms with E-state index < -0.39 is 29.5 Å². The molecule has 0 bridgehead atoms. The molecule has 4 rings (SSSR count). The molecule has 1 aliphatic heterocycles. The summed E-state index contributed by atoms with van der Waals surface area (Å²) in [6.07, 6.45) is -4.54. The van der Waals surface area contributed by atoms with Gasteiger partial charge in [-0.2, -0.15) is 13.2 Å². The largest absolute Gasteiger partial charge is 0.507 e. The number of alkyl halides is 3. The van der Waals surface area contributed by atoms with Crippen LogP contribution < -0.4 is 4.90 Å². The minimum absolute atomic E-state index is 0.119. The normalized spacial score (nSPS) is 18.4. The molecule has 0 spiro atoms. The Bertz CT molecular complexity index is 1230. The van der Waals surface area contributed by atoms with E-state index >= 15 is 0 Å². The molecule has 1 atom stereocenters. The molecule has 1 N–H and O–H groups in total. The number of nitrogens with zero attached hydrogens (tertiary/aromatic N) is 1. The Morgan fingerprint density at radius 1 is 1.03 bits per heavy atom. The third-order valence-electron chi connectivity index (χ3n) is 5.18. The summed E-state index contributed by atoms with van der Waals surface area (Å²) in [6.45, 7) is 1.79. The predicted molar refractivity (Wildman–Crippen MR) is 117 cm³/mol. The number of aliphatic hydroxyl groups is 1. The van der Waals surface area contributed by atoms with Gasteiger partial charge in [0, 0.05) is 21.2 Å². The highest BCUT2D eigenvalue weighted by Crippen LogP contribution is 2.45. The molecule has 2 heterocycles. The Morgan fingerprint density at radius 3 is 2.19 bits per heavy atom. The van der Waals surface area contributed by atoms with Crippen LogP contribution >= 0.6 is 22.9 Å². The molecule has 1 unspecified atom stereocenters. The molecule has 4 nitrogen and oxygen atoms in total. The molecule has 1 fully saturated rings. The number of thiophene rings is 1. The molecule has 1 saturated heterocycles. The summed E-state index contributed by atoms with van der Waals surface area (Å²) in [5.74, 6) is -2.24. The molecular weight excluding hydrogens is 463 g/mol. The van der Waals surface area contributed by atoms with Crippen LogP contribution in [0.4, 0.5) is 18.9 Å². The van der Waals surface area contributed by atoms with Gasteiger partial charge in [-0.1, -0.05) is 11.6 Å². The molecule has 0 radical (unpaired) electrons. The number of benzene rings is 2. The molecule has 1 aliphatic rings. The van der Waals surface area contributed by atoms with Gasteiger partial charge in [-0.3, -0.25) is 14.5 Å². The maximum absolute atomic E-state index is 13.0. The summed E-state index contributed by atoms with van der Waals surface area (Å²) < 4.78 is 39.0. The number of hydrogen-bond donors (Lipinski definition) is 1. The van der Waals surface area contributed by atoms with Crippen molar-refractivity contribution in [2.75, 3.05) is 4.90 Å². The van der Waals surface area contributed by atoms with Crippen LogP contribution in [0.1, 0.15) is 27.6 Å². The van der Waals surface area contributed by atoms with E-state index in [-0.39, 0.29) is 17.0 Å². The lowest BCUT2D eigenvalue weighted by molar-refractivity contribution is -0.137. The zero-order chi connectivity index (χ0) is 23.2. The number of ketones is 1. The summed E-state index contributed by atoms with van der Waals surface area (Å²) in [5, 5.41) is 13.2. The molecule has 1 amide bonds. The molecule has 1 aromatic heterocycles. The van der Waals surface area contributed by atoms with Crippen LogP contribution in [0, 0.1) is 6.92 Å². The van der Waals surface area contributed by atoms with Crippen LogP contribution in [0.15, 0.2) is 65.6 Å². The fraction of sp³-hybridized carbons (Fsp3) is 0.130. The number of carbonyl (C=O) groups is 2. The predicted octanol–water partition coefficient (Wildman–Crippen LogP) is 6.36. The number of rotatable bonds is 3. The van der Waals surface area contributed by atoms with Crippen LogP contribution in [-0.2, 0) is 15.8 Å². The zero-order valence-corrected chi connectivity index (χ0v) is 18.1. The lowest BCUT2D eigenvalue weighted by Crippen LogP contribution is -2.29. The van der Waals surface area contributed by atoms with E-state index in [0.717, 1.165) is 34.7 Å². The lowest BCUT2D eigenvalue weighted by Gasteiger charge is -2.25. The van der Waals surface area contributed by atoms with Gasteiger partial charge in [0.2, 0.25) is 0 Å². The average Bonchev–Trinajstić information content (AvgIpc) is 3.28. The summed E-state index contributed by atoms with van der Waals surface area (Å²) in [5.41, 5.74) is 0.179. The first kappa shape index (κ1) is 22.1. The molecule has 9 heteroatoms. The van der Waals surface area contributed by atoms with Crippen molar-refractivity contribution in [2.45, 2.75) is 19.1 Å². The second-order valence-electron chi connectivity index (χ2n) is 7.19. The van der Waals surface area contributed by atoms with Gasteiger partial charge < -0.3 is 5.11 Å². The fourth-order valence-corrected chi connectivity index (χ4v) is 4.74. The van der Waals surface area contributed by atoms with Crippen molar-refractivity contribution >= 4 is 46.1 Å². The first-order valence-corrected chi connectivity index (χ1v) is 10.6. The van der Waals surface area contributed by atoms with Gasteiger partial charge in [0.25, 0.3) is 11.7 Å². The molecule has 32 heavy (non-hydrogen) atoms. The summed E-state index contributed by atoms with van der Waals surface area (Å²) in [6, 6.07) is 10.9. The molecule has 0 aliphatic carbocycles. The first-order chi connectivity index (χ1) is 15.1. The Balaban J connectivity index is 1.90. The van der Waals surface area contributed by atoms with Crippen molar-refractivity contribution < 1.29 is 27.9 Å². The highest BCUT2D eigenvalue weighted by molar-refractivity contribution is 7.10. The molecule has 164 valence electrons. The Kier molecular flexibility index (Phi) is 5.60. The summed E-state index contributed by atoms with van der Waals surface area (Å²) >= 11 is 7.18. The Labute approximate surface area is 190 Å². The van der Waals surface area contributed by atoms with Crippen LogP contribution in [0.2, 0.25) is 5.02 Å². The molecule has 0 saturated carbocycles. The van der Waals surface area contributed by atoms with Gasteiger partial charge in [0.05, 0.1) is 11.1 Å². The van der Waals surface area contributed by atoms with Crippen LogP contribution in [0.3, 0.4) is 0 Å².